The number of hydrogen-bond acceptors (Lipinski definition) is 4. The van der Waals surface area contributed by atoms with Gasteiger partial charge >= 0.3 is 11.9 Å². The van der Waals surface area contributed by atoms with Crippen LogP contribution in [0.4, 0.5) is 0 Å². The Morgan fingerprint density at radius 3 is 2.29 bits per heavy atom. The van der Waals surface area contributed by atoms with Gasteiger partial charge in [-0.05, 0) is 37.0 Å². The van der Waals surface area contributed by atoms with Crippen LogP contribution in [0.2, 0.25) is 5.02 Å². The highest BCUT2D eigenvalue weighted by Crippen LogP contribution is 2.30. The van der Waals surface area contributed by atoms with Crippen LogP contribution in [-0.4, -0.2) is 18.5 Å². The monoisotopic (exact) mass is 354 g/mol. The molecule has 4 nitrogen and oxygen atoms in total. The summed E-state index contributed by atoms with van der Waals surface area (Å²) in [6, 6.07) is 7.10. The standard InChI is InChI=1S/C19H27ClO4/c1-4-7-8-12-23-17(21)19(5-2,6-3)18(22)24-14-15-10-9-11-16(20)13-15/h9-11,13H,4-8,12,14H2,1-3H3. The van der Waals surface area contributed by atoms with Gasteiger partial charge in [0.15, 0.2) is 5.41 Å². The van der Waals surface area contributed by atoms with Gasteiger partial charge < -0.3 is 9.47 Å². The lowest BCUT2D eigenvalue weighted by Gasteiger charge is -2.27. The minimum absolute atomic E-state index is 0.0876. The number of ether oxygens (including phenoxy) is 2. The average Bonchev–Trinajstić information content (AvgIpc) is 2.58. The van der Waals surface area contributed by atoms with E-state index in [0.717, 1.165) is 24.8 Å². The van der Waals surface area contributed by atoms with Crippen LogP contribution in [0.3, 0.4) is 0 Å². The predicted octanol–water partition coefficient (Wildman–Crippen LogP) is 4.92. The zero-order valence-electron chi connectivity index (χ0n) is 14.8. The van der Waals surface area contributed by atoms with Crippen molar-refractivity contribution in [3.05, 3.63) is 34.9 Å². The summed E-state index contributed by atoms with van der Waals surface area (Å²) in [5.74, 6) is -1.02. The summed E-state index contributed by atoms with van der Waals surface area (Å²) in [5, 5.41) is 0.580. The van der Waals surface area contributed by atoms with Gasteiger partial charge in [-0.15, -0.1) is 0 Å². The van der Waals surface area contributed by atoms with Gasteiger partial charge in [-0.1, -0.05) is 57.3 Å². The molecule has 0 fully saturated rings. The van der Waals surface area contributed by atoms with E-state index in [0.29, 0.717) is 24.5 Å². The molecule has 1 aromatic carbocycles. The van der Waals surface area contributed by atoms with Crippen LogP contribution in [0.25, 0.3) is 0 Å². The number of carbonyl (C=O) groups excluding carboxylic acids is 2. The van der Waals surface area contributed by atoms with E-state index in [1.807, 2.05) is 6.07 Å². The van der Waals surface area contributed by atoms with Gasteiger partial charge in [0.25, 0.3) is 0 Å². The number of hydrogen-bond donors (Lipinski definition) is 0. The number of carbonyl (C=O) groups is 2. The summed E-state index contributed by atoms with van der Waals surface area (Å²) in [6.07, 6.45) is 3.56. The van der Waals surface area contributed by atoms with Gasteiger partial charge in [0.05, 0.1) is 6.61 Å². The van der Waals surface area contributed by atoms with E-state index in [9.17, 15) is 9.59 Å². The molecule has 5 heteroatoms. The average molecular weight is 355 g/mol. The molecule has 0 aliphatic rings. The summed E-state index contributed by atoms with van der Waals surface area (Å²) < 4.78 is 10.7. The molecule has 0 bridgehead atoms. The molecule has 0 aliphatic heterocycles. The van der Waals surface area contributed by atoms with Gasteiger partial charge in [-0.25, -0.2) is 0 Å². The Morgan fingerprint density at radius 2 is 1.71 bits per heavy atom. The topological polar surface area (TPSA) is 52.6 Å². The molecule has 1 aromatic rings. The molecule has 134 valence electrons. The molecule has 0 amide bonds. The second kappa shape index (κ2) is 10.3. The van der Waals surface area contributed by atoms with Crippen LogP contribution in [0.15, 0.2) is 24.3 Å². The van der Waals surface area contributed by atoms with Crippen molar-refractivity contribution in [2.45, 2.75) is 59.5 Å². The highest BCUT2D eigenvalue weighted by atomic mass is 35.5. The first-order chi connectivity index (χ1) is 11.5. The van der Waals surface area contributed by atoms with Crippen molar-refractivity contribution in [2.24, 2.45) is 5.41 Å². The van der Waals surface area contributed by atoms with E-state index < -0.39 is 17.4 Å². The fourth-order valence-electron chi connectivity index (χ4n) is 2.48. The van der Waals surface area contributed by atoms with Crippen molar-refractivity contribution in [3.8, 4) is 0 Å². The summed E-state index contributed by atoms with van der Waals surface area (Å²) in [6.45, 7) is 6.12. The molecule has 0 atom stereocenters. The fourth-order valence-corrected chi connectivity index (χ4v) is 2.69. The smallest absolute Gasteiger partial charge is 0.323 e. The molecule has 0 heterocycles. The lowest BCUT2D eigenvalue weighted by Crippen LogP contribution is -2.41. The van der Waals surface area contributed by atoms with Crippen molar-refractivity contribution >= 4 is 23.5 Å². The molecule has 24 heavy (non-hydrogen) atoms. The Morgan fingerprint density at radius 1 is 1.04 bits per heavy atom. The van der Waals surface area contributed by atoms with Gasteiger partial charge in [-0.3, -0.25) is 9.59 Å². The highest BCUT2D eigenvalue weighted by Gasteiger charge is 2.45. The molecule has 1 rings (SSSR count). The Bertz CT molecular complexity index is 538. The van der Waals surface area contributed by atoms with Gasteiger partial charge in [0, 0.05) is 5.02 Å². The Hall–Kier alpha value is -1.55. The number of benzene rings is 1. The predicted molar refractivity (Wildman–Crippen MR) is 94.7 cm³/mol. The third kappa shape index (κ3) is 5.52. The van der Waals surface area contributed by atoms with Crippen LogP contribution in [0.5, 0.6) is 0 Å². The lowest BCUT2D eigenvalue weighted by atomic mass is 9.82. The zero-order chi connectivity index (χ0) is 18.0. The van der Waals surface area contributed by atoms with E-state index in [4.69, 9.17) is 21.1 Å². The number of unbranched alkanes of at least 4 members (excludes halogenated alkanes) is 2. The third-order valence-electron chi connectivity index (χ3n) is 4.23. The minimum atomic E-state index is -1.23. The van der Waals surface area contributed by atoms with Gasteiger partial charge in [0.1, 0.15) is 6.61 Å². The van der Waals surface area contributed by atoms with Crippen molar-refractivity contribution in [2.75, 3.05) is 6.61 Å². The summed E-state index contributed by atoms with van der Waals surface area (Å²) in [5.41, 5.74) is -0.446. The van der Waals surface area contributed by atoms with E-state index in [1.165, 1.54) is 0 Å². The van der Waals surface area contributed by atoms with Crippen molar-refractivity contribution in [3.63, 3.8) is 0 Å². The Labute approximate surface area is 149 Å². The minimum Gasteiger partial charge on any atom is -0.465 e. The molecule has 0 saturated heterocycles. The number of halogens is 1. The van der Waals surface area contributed by atoms with Gasteiger partial charge in [-0.2, -0.15) is 0 Å². The molecule has 0 aromatic heterocycles. The van der Waals surface area contributed by atoms with Crippen LogP contribution in [-0.2, 0) is 25.7 Å². The number of esters is 2. The maximum absolute atomic E-state index is 12.6. The second-order valence-corrected chi connectivity index (χ2v) is 6.27. The van der Waals surface area contributed by atoms with E-state index in [2.05, 4.69) is 6.92 Å². The fraction of sp³-hybridized carbons (Fsp3) is 0.579. The molecule has 0 N–H and O–H groups in total. The maximum Gasteiger partial charge on any atom is 0.323 e. The molecule has 0 radical (unpaired) electrons. The van der Waals surface area contributed by atoms with Crippen molar-refractivity contribution < 1.29 is 19.1 Å². The number of rotatable bonds is 10. The first kappa shape index (κ1) is 20.5. The van der Waals surface area contributed by atoms with Gasteiger partial charge in [0.2, 0.25) is 0 Å². The normalized spacial score (nSPS) is 11.2. The molecular formula is C19H27ClO4. The quantitative estimate of drug-likeness (QED) is 0.340. The molecule has 0 saturated carbocycles. The lowest BCUT2D eigenvalue weighted by molar-refractivity contribution is -0.174. The van der Waals surface area contributed by atoms with Crippen LogP contribution in [0.1, 0.15) is 58.4 Å². The van der Waals surface area contributed by atoms with Crippen LogP contribution < -0.4 is 0 Å². The first-order valence-corrected chi connectivity index (χ1v) is 8.96. The Balaban J connectivity index is 2.70. The molecular weight excluding hydrogens is 328 g/mol. The zero-order valence-corrected chi connectivity index (χ0v) is 15.5. The van der Waals surface area contributed by atoms with E-state index >= 15 is 0 Å². The first-order valence-electron chi connectivity index (χ1n) is 8.59. The van der Waals surface area contributed by atoms with Crippen molar-refractivity contribution in [1.82, 2.24) is 0 Å². The van der Waals surface area contributed by atoms with Crippen LogP contribution in [0, 0.1) is 5.41 Å². The third-order valence-corrected chi connectivity index (χ3v) is 4.46. The molecule has 0 spiro atoms. The Kier molecular flexibility index (Phi) is 8.83. The van der Waals surface area contributed by atoms with Crippen molar-refractivity contribution in [1.29, 1.82) is 0 Å². The largest absolute Gasteiger partial charge is 0.465 e. The maximum atomic E-state index is 12.6. The van der Waals surface area contributed by atoms with E-state index in [-0.39, 0.29) is 6.61 Å². The summed E-state index contributed by atoms with van der Waals surface area (Å²) >= 11 is 5.92. The summed E-state index contributed by atoms with van der Waals surface area (Å²) in [4.78, 5) is 25.0. The SMILES string of the molecule is CCCCCOC(=O)C(CC)(CC)C(=O)OCc1cccc(Cl)c1. The second-order valence-electron chi connectivity index (χ2n) is 5.84. The van der Waals surface area contributed by atoms with E-state index in [1.54, 1.807) is 32.0 Å². The summed E-state index contributed by atoms with van der Waals surface area (Å²) in [7, 11) is 0. The highest BCUT2D eigenvalue weighted by molar-refractivity contribution is 6.30. The molecule has 0 aliphatic carbocycles. The van der Waals surface area contributed by atoms with Crippen LogP contribution >= 0.6 is 11.6 Å². The molecule has 0 unspecified atom stereocenters.